The Kier molecular flexibility index (Phi) is 5.46. The molecule has 1 atom stereocenters. The van der Waals surface area contributed by atoms with Crippen LogP contribution in [0.5, 0.6) is 11.5 Å². The number of rotatable bonds is 7. The highest BCUT2D eigenvalue weighted by atomic mass is 16.5. The average Bonchev–Trinajstić information content (AvgIpc) is 3.02. The van der Waals surface area contributed by atoms with Gasteiger partial charge in [0.05, 0.1) is 26.9 Å². The minimum Gasteiger partial charge on any atom is -0.497 e. The number of carbonyl (C=O) groups is 1. The second kappa shape index (κ2) is 7.95. The van der Waals surface area contributed by atoms with Gasteiger partial charge < -0.3 is 19.3 Å². The monoisotopic (exact) mass is 352 g/mol. The highest BCUT2D eigenvalue weighted by Gasteiger charge is 2.24. The molecule has 1 aliphatic rings. The van der Waals surface area contributed by atoms with E-state index < -0.39 is 0 Å². The van der Waals surface area contributed by atoms with Gasteiger partial charge in [-0.05, 0) is 48.9 Å². The summed E-state index contributed by atoms with van der Waals surface area (Å²) in [7, 11) is 3.28. The van der Waals surface area contributed by atoms with Crippen LogP contribution in [0.15, 0.2) is 60.9 Å². The van der Waals surface area contributed by atoms with Crippen molar-refractivity contribution in [3.8, 4) is 11.5 Å². The lowest BCUT2D eigenvalue weighted by Crippen LogP contribution is -2.38. The summed E-state index contributed by atoms with van der Waals surface area (Å²) >= 11 is 0. The zero-order chi connectivity index (χ0) is 18.5. The predicted molar refractivity (Wildman–Crippen MR) is 101 cm³/mol. The van der Waals surface area contributed by atoms with Crippen LogP contribution in [0.3, 0.4) is 0 Å². The van der Waals surface area contributed by atoms with Crippen LogP contribution in [0.2, 0.25) is 0 Å². The van der Waals surface area contributed by atoms with Crippen molar-refractivity contribution in [3.05, 3.63) is 72.1 Å². The van der Waals surface area contributed by atoms with Crippen molar-refractivity contribution in [2.75, 3.05) is 20.8 Å². The Bertz CT molecular complexity index is 769. The molecular formula is C21H24N2O3. The summed E-state index contributed by atoms with van der Waals surface area (Å²) in [6, 6.07) is 15.3. The highest BCUT2D eigenvalue weighted by molar-refractivity contribution is 5.97. The molecule has 2 aromatic carbocycles. The molecule has 1 heterocycles. The van der Waals surface area contributed by atoms with E-state index in [-0.39, 0.29) is 11.9 Å². The predicted octanol–water partition coefficient (Wildman–Crippen LogP) is 3.52. The summed E-state index contributed by atoms with van der Waals surface area (Å²) in [5, 5.41) is 0. The number of Topliss-reactive ketones (excluding diaryl/α,β-unsaturated/α-hetero) is 1. The Morgan fingerprint density at radius 1 is 0.885 bits per heavy atom. The second-order valence-electron chi connectivity index (χ2n) is 6.27. The van der Waals surface area contributed by atoms with Crippen LogP contribution in [0.4, 0.5) is 0 Å². The minimum atomic E-state index is 0.0930. The standard InChI is InChI=1S/C21H24N2O3/c1-16-22(14-17-4-8-19(25-2)9-5-17)12-13-23(16)15-21(24)18-6-10-20(26-3)11-7-18/h4-13,16H,14-15H2,1-3H3. The van der Waals surface area contributed by atoms with Crippen LogP contribution in [0.1, 0.15) is 22.8 Å². The van der Waals surface area contributed by atoms with Crippen LogP contribution in [0, 0.1) is 0 Å². The lowest BCUT2D eigenvalue weighted by molar-refractivity contribution is 0.0894. The fourth-order valence-electron chi connectivity index (χ4n) is 2.96. The van der Waals surface area contributed by atoms with E-state index in [4.69, 9.17) is 9.47 Å². The number of hydrogen-bond acceptors (Lipinski definition) is 5. The normalized spacial score (nSPS) is 16.0. The largest absolute Gasteiger partial charge is 0.497 e. The number of hydrogen-bond donors (Lipinski definition) is 0. The first-order chi connectivity index (χ1) is 12.6. The SMILES string of the molecule is COc1ccc(CN2C=CN(CC(=O)c3ccc(OC)cc3)C2C)cc1. The number of benzene rings is 2. The lowest BCUT2D eigenvalue weighted by Gasteiger charge is -2.29. The quantitative estimate of drug-likeness (QED) is 0.713. The van der Waals surface area contributed by atoms with Crippen LogP contribution in [-0.4, -0.2) is 42.5 Å². The number of nitrogens with zero attached hydrogens (tertiary/aromatic N) is 2. The summed E-state index contributed by atoms with van der Waals surface area (Å²) in [6.45, 7) is 3.24. The van der Waals surface area contributed by atoms with Gasteiger partial charge in [0.1, 0.15) is 11.5 Å². The van der Waals surface area contributed by atoms with E-state index in [1.807, 2.05) is 36.7 Å². The topological polar surface area (TPSA) is 42.0 Å². The summed E-state index contributed by atoms with van der Waals surface area (Å²) in [6.07, 6.45) is 4.14. The van der Waals surface area contributed by atoms with Gasteiger partial charge in [0.2, 0.25) is 0 Å². The van der Waals surface area contributed by atoms with E-state index in [0.29, 0.717) is 12.1 Å². The highest BCUT2D eigenvalue weighted by Crippen LogP contribution is 2.21. The molecule has 5 nitrogen and oxygen atoms in total. The molecule has 0 bridgehead atoms. The van der Waals surface area contributed by atoms with Gasteiger partial charge in [0, 0.05) is 24.5 Å². The molecule has 2 aromatic rings. The number of ketones is 1. The first kappa shape index (κ1) is 17.9. The summed E-state index contributed by atoms with van der Waals surface area (Å²) in [4.78, 5) is 16.8. The van der Waals surface area contributed by atoms with Gasteiger partial charge in [-0.2, -0.15) is 0 Å². The van der Waals surface area contributed by atoms with Gasteiger partial charge in [-0.25, -0.2) is 0 Å². The van der Waals surface area contributed by atoms with Gasteiger partial charge in [-0.15, -0.1) is 0 Å². The van der Waals surface area contributed by atoms with Gasteiger partial charge in [-0.3, -0.25) is 4.79 Å². The number of ether oxygens (including phenoxy) is 2. The van der Waals surface area contributed by atoms with Gasteiger partial charge in [-0.1, -0.05) is 12.1 Å². The molecule has 136 valence electrons. The fraction of sp³-hybridized carbons (Fsp3) is 0.286. The third-order valence-corrected chi connectivity index (χ3v) is 4.67. The molecule has 1 aliphatic heterocycles. The molecule has 5 heteroatoms. The molecule has 0 radical (unpaired) electrons. The number of carbonyl (C=O) groups excluding carboxylic acids is 1. The molecule has 0 aromatic heterocycles. The van der Waals surface area contributed by atoms with E-state index in [1.54, 1.807) is 26.4 Å². The van der Waals surface area contributed by atoms with E-state index in [0.717, 1.165) is 18.0 Å². The zero-order valence-corrected chi connectivity index (χ0v) is 15.4. The van der Waals surface area contributed by atoms with Crippen LogP contribution in [-0.2, 0) is 6.54 Å². The van der Waals surface area contributed by atoms with Crippen molar-refractivity contribution in [1.82, 2.24) is 9.80 Å². The molecule has 0 spiro atoms. The molecular weight excluding hydrogens is 328 g/mol. The molecule has 0 fully saturated rings. The van der Waals surface area contributed by atoms with Crippen LogP contribution < -0.4 is 9.47 Å². The average molecular weight is 352 g/mol. The summed E-state index contributed by atoms with van der Waals surface area (Å²) in [5.41, 5.74) is 1.89. The first-order valence-electron chi connectivity index (χ1n) is 8.60. The summed E-state index contributed by atoms with van der Waals surface area (Å²) < 4.78 is 10.3. The molecule has 0 amide bonds. The van der Waals surface area contributed by atoms with Gasteiger partial charge in [0.25, 0.3) is 0 Å². The third-order valence-electron chi connectivity index (χ3n) is 4.67. The Morgan fingerprint density at radius 3 is 2.00 bits per heavy atom. The number of methoxy groups -OCH3 is 2. The first-order valence-corrected chi connectivity index (χ1v) is 8.60. The van der Waals surface area contributed by atoms with Gasteiger partial charge in [0.15, 0.2) is 5.78 Å². The molecule has 0 N–H and O–H groups in total. The van der Waals surface area contributed by atoms with E-state index >= 15 is 0 Å². The van der Waals surface area contributed by atoms with Crippen molar-refractivity contribution in [2.45, 2.75) is 19.6 Å². The van der Waals surface area contributed by atoms with Crippen molar-refractivity contribution < 1.29 is 14.3 Å². The smallest absolute Gasteiger partial charge is 0.182 e. The maximum Gasteiger partial charge on any atom is 0.182 e. The minimum absolute atomic E-state index is 0.0930. The van der Waals surface area contributed by atoms with Crippen molar-refractivity contribution in [3.63, 3.8) is 0 Å². The fourth-order valence-corrected chi connectivity index (χ4v) is 2.96. The maximum atomic E-state index is 12.5. The molecule has 1 unspecified atom stereocenters. The van der Waals surface area contributed by atoms with Crippen molar-refractivity contribution in [1.29, 1.82) is 0 Å². The maximum absolute atomic E-state index is 12.5. The molecule has 3 rings (SSSR count). The van der Waals surface area contributed by atoms with E-state index in [2.05, 4.69) is 28.9 Å². The van der Waals surface area contributed by atoms with Gasteiger partial charge >= 0.3 is 0 Å². The molecule has 0 aliphatic carbocycles. The summed E-state index contributed by atoms with van der Waals surface area (Å²) in [5.74, 6) is 1.70. The molecule has 26 heavy (non-hydrogen) atoms. The molecule has 0 saturated carbocycles. The Morgan fingerprint density at radius 2 is 1.42 bits per heavy atom. The molecule has 0 saturated heterocycles. The van der Waals surface area contributed by atoms with Crippen molar-refractivity contribution in [2.24, 2.45) is 0 Å². The van der Waals surface area contributed by atoms with E-state index in [1.165, 1.54) is 5.56 Å². The second-order valence-corrected chi connectivity index (χ2v) is 6.27. The Labute approximate surface area is 154 Å². The Hall–Kier alpha value is -2.95. The zero-order valence-electron chi connectivity index (χ0n) is 15.4. The van der Waals surface area contributed by atoms with Crippen LogP contribution >= 0.6 is 0 Å². The van der Waals surface area contributed by atoms with E-state index in [9.17, 15) is 4.79 Å². The van der Waals surface area contributed by atoms with Crippen molar-refractivity contribution >= 4 is 5.78 Å². The van der Waals surface area contributed by atoms with Crippen LogP contribution in [0.25, 0.3) is 0 Å². The lowest BCUT2D eigenvalue weighted by atomic mass is 10.1. The Balaban J connectivity index is 1.58. The third kappa shape index (κ3) is 3.99.